The Hall–Kier alpha value is -2.81. The number of esters is 1. The average molecular weight is 346 g/mol. The second-order valence-electron chi connectivity index (χ2n) is 4.92. The molecule has 0 saturated heterocycles. The van der Waals surface area contributed by atoms with Crippen LogP contribution in [0.4, 0.5) is 5.13 Å². The molecule has 1 atom stereocenters. The van der Waals surface area contributed by atoms with Crippen LogP contribution in [-0.4, -0.2) is 33.2 Å². The number of nitrogens with one attached hydrogen (secondary N) is 1. The van der Waals surface area contributed by atoms with Gasteiger partial charge in [-0.05, 0) is 25.5 Å². The number of fused-ring (bicyclic) bond motifs is 1. The third-order valence-electron chi connectivity index (χ3n) is 3.25. The van der Waals surface area contributed by atoms with Crippen molar-refractivity contribution >= 4 is 39.4 Å². The van der Waals surface area contributed by atoms with E-state index in [1.165, 1.54) is 17.7 Å². The summed E-state index contributed by atoms with van der Waals surface area (Å²) in [4.78, 5) is 28.6. The van der Waals surface area contributed by atoms with Gasteiger partial charge in [0, 0.05) is 0 Å². The number of carbonyl (C=O) groups is 2. The molecule has 9 heteroatoms. The summed E-state index contributed by atoms with van der Waals surface area (Å²) >= 11 is 1.25. The molecule has 0 radical (unpaired) electrons. The first-order valence-electron chi connectivity index (χ1n) is 7.22. The van der Waals surface area contributed by atoms with E-state index in [4.69, 9.17) is 9.15 Å². The summed E-state index contributed by atoms with van der Waals surface area (Å²) in [6.07, 6.45) is 0.636. The second-order valence-corrected chi connectivity index (χ2v) is 6.10. The summed E-state index contributed by atoms with van der Waals surface area (Å²) < 4.78 is 10.5. The third-order valence-corrected chi connectivity index (χ3v) is 4.00. The van der Waals surface area contributed by atoms with Crippen LogP contribution in [0.15, 0.2) is 29.0 Å². The van der Waals surface area contributed by atoms with Crippen LogP contribution in [0.5, 0.6) is 0 Å². The highest BCUT2D eigenvalue weighted by molar-refractivity contribution is 7.15. The molecule has 2 aromatic heterocycles. The molecule has 0 aliphatic rings. The molecule has 124 valence electrons. The monoisotopic (exact) mass is 346 g/mol. The standard InChI is InChI=1S/C15H14N4O4S/c1-3-10(13(20)17-15-19-18-8(2)24-15)23-14(21)9-5-4-6-11-12(9)16-7-22-11/h4-7,10H,3H2,1-2H3,(H,17,19,20). The number of rotatable bonds is 5. The van der Waals surface area contributed by atoms with Crippen LogP contribution >= 0.6 is 11.3 Å². The number of hydrogen-bond donors (Lipinski definition) is 1. The number of para-hydroxylation sites is 1. The Bertz CT molecular complexity index is 888. The maximum absolute atomic E-state index is 12.4. The lowest BCUT2D eigenvalue weighted by Gasteiger charge is -2.15. The van der Waals surface area contributed by atoms with E-state index in [1.807, 2.05) is 0 Å². The Morgan fingerprint density at radius 2 is 2.21 bits per heavy atom. The smallest absolute Gasteiger partial charge is 0.341 e. The molecule has 0 aliphatic carbocycles. The van der Waals surface area contributed by atoms with Gasteiger partial charge in [0.05, 0.1) is 5.56 Å². The summed E-state index contributed by atoms with van der Waals surface area (Å²) in [7, 11) is 0. The fourth-order valence-corrected chi connectivity index (χ4v) is 2.69. The first-order valence-corrected chi connectivity index (χ1v) is 8.04. The fraction of sp³-hybridized carbons (Fsp3) is 0.267. The molecule has 8 nitrogen and oxygen atoms in total. The lowest BCUT2D eigenvalue weighted by molar-refractivity contribution is -0.124. The zero-order valence-electron chi connectivity index (χ0n) is 13.0. The number of benzene rings is 1. The number of hydrogen-bond acceptors (Lipinski definition) is 8. The Kier molecular flexibility index (Phi) is 4.52. The molecular weight excluding hydrogens is 332 g/mol. The number of aryl methyl sites for hydroxylation is 1. The van der Waals surface area contributed by atoms with Crippen molar-refractivity contribution in [1.29, 1.82) is 0 Å². The molecule has 0 aliphatic heterocycles. The van der Waals surface area contributed by atoms with Gasteiger partial charge in [-0.3, -0.25) is 10.1 Å². The first-order chi connectivity index (χ1) is 11.6. The summed E-state index contributed by atoms with van der Waals surface area (Å²) in [5.74, 6) is -1.08. The molecule has 1 unspecified atom stereocenters. The SMILES string of the molecule is CCC(OC(=O)c1cccc2ocnc12)C(=O)Nc1nnc(C)s1. The lowest BCUT2D eigenvalue weighted by Crippen LogP contribution is -2.32. The highest BCUT2D eigenvalue weighted by Gasteiger charge is 2.24. The van der Waals surface area contributed by atoms with Crippen molar-refractivity contribution in [2.24, 2.45) is 0 Å². The van der Waals surface area contributed by atoms with Crippen molar-refractivity contribution in [3.05, 3.63) is 35.2 Å². The fourth-order valence-electron chi connectivity index (χ4n) is 2.10. The summed E-state index contributed by atoms with van der Waals surface area (Å²) in [5.41, 5.74) is 1.13. The van der Waals surface area contributed by atoms with Gasteiger partial charge in [-0.25, -0.2) is 9.78 Å². The van der Waals surface area contributed by atoms with Crippen molar-refractivity contribution in [2.75, 3.05) is 5.32 Å². The van der Waals surface area contributed by atoms with Gasteiger partial charge in [0.1, 0.15) is 10.5 Å². The van der Waals surface area contributed by atoms with E-state index in [9.17, 15) is 9.59 Å². The van der Waals surface area contributed by atoms with E-state index in [-0.39, 0.29) is 5.56 Å². The van der Waals surface area contributed by atoms with Crippen molar-refractivity contribution in [3.8, 4) is 0 Å². The molecule has 0 bridgehead atoms. The van der Waals surface area contributed by atoms with Gasteiger partial charge in [0.25, 0.3) is 5.91 Å². The molecule has 2 heterocycles. The van der Waals surface area contributed by atoms with Crippen LogP contribution < -0.4 is 5.32 Å². The lowest BCUT2D eigenvalue weighted by atomic mass is 10.2. The van der Waals surface area contributed by atoms with E-state index < -0.39 is 18.0 Å². The molecule has 1 aromatic carbocycles. The zero-order valence-corrected chi connectivity index (χ0v) is 13.8. The maximum Gasteiger partial charge on any atom is 0.341 e. The quantitative estimate of drug-likeness (QED) is 0.707. The zero-order chi connectivity index (χ0) is 17.1. The van der Waals surface area contributed by atoms with Gasteiger partial charge < -0.3 is 9.15 Å². The summed E-state index contributed by atoms with van der Waals surface area (Å²) in [6, 6.07) is 4.93. The number of nitrogens with zero attached hydrogens (tertiary/aromatic N) is 3. The Morgan fingerprint density at radius 1 is 1.38 bits per heavy atom. The number of ether oxygens (including phenoxy) is 1. The van der Waals surface area contributed by atoms with Gasteiger partial charge in [-0.1, -0.05) is 24.3 Å². The summed E-state index contributed by atoms with van der Waals surface area (Å²) in [5, 5.41) is 11.3. The van der Waals surface area contributed by atoms with Gasteiger partial charge in [0.2, 0.25) is 5.13 Å². The van der Waals surface area contributed by atoms with E-state index in [2.05, 4.69) is 20.5 Å². The minimum absolute atomic E-state index is 0.249. The number of oxazole rings is 1. The predicted octanol–water partition coefficient (Wildman–Crippen LogP) is 2.56. The maximum atomic E-state index is 12.4. The third kappa shape index (κ3) is 3.25. The number of anilines is 1. The number of aromatic nitrogens is 3. The normalized spacial score (nSPS) is 12.1. The molecule has 0 saturated carbocycles. The molecular formula is C15H14N4O4S. The van der Waals surface area contributed by atoms with E-state index >= 15 is 0 Å². The molecule has 0 fully saturated rings. The van der Waals surface area contributed by atoms with Crippen molar-refractivity contribution in [2.45, 2.75) is 26.4 Å². The van der Waals surface area contributed by atoms with Gasteiger partial charge >= 0.3 is 5.97 Å². The van der Waals surface area contributed by atoms with Gasteiger partial charge in [-0.2, -0.15) is 0 Å². The van der Waals surface area contributed by atoms with Crippen LogP contribution in [0.2, 0.25) is 0 Å². The minimum Gasteiger partial charge on any atom is -0.449 e. The van der Waals surface area contributed by atoms with Crippen molar-refractivity contribution in [3.63, 3.8) is 0 Å². The van der Waals surface area contributed by atoms with Crippen LogP contribution in [-0.2, 0) is 9.53 Å². The topological polar surface area (TPSA) is 107 Å². The van der Waals surface area contributed by atoms with Gasteiger partial charge in [-0.15, -0.1) is 10.2 Å². The highest BCUT2D eigenvalue weighted by Crippen LogP contribution is 2.19. The average Bonchev–Trinajstić information content (AvgIpc) is 3.20. The van der Waals surface area contributed by atoms with Crippen molar-refractivity contribution in [1.82, 2.24) is 15.2 Å². The highest BCUT2D eigenvalue weighted by atomic mass is 32.1. The second kappa shape index (κ2) is 6.75. The molecule has 24 heavy (non-hydrogen) atoms. The Balaban J connectivity index is 1.73. The molecule has 3 rings (SSSR count). The van der Waals surface area contributed by atoms with E-state index in [0.29, 0.717) is 22.7 Å². The van der Waals surface area contributed by atoms with Gasteiger partial charge in [0.15, 0.2) is 18.1 Å². The summed E-state index contributed by atoms with van der Waals surface area (Å²) in [6.45, 7) is 3.53. The molecule has 1 N–H and O–H groups in total. The van der Waals surface area contributed by atoms with Crippen LogP contribution in [0, 0.1) is 6.92 Å². The largest absolute Gasteiger partial charge is 0.449 e. The molecule has 1 amide bonds. The number of carbonyl (C=O) groups excluding carboxylic acids is 2. The van der Waals surface area contributed by atoms with E-state index in [1.54, 1.807) is 32.0 Å². The van der Waals surface area contributed by atoms with Crippen LogP contribution in [0.25, 0.3) is 11.1 Å². The van der Waals surface area contributed by atoms with Crippen LogP contribution in [0.1, 0.15) is 28.7 Å². The van der Waals surface area contributed by atoms with E-state index in [0.717, 1.165) is 5.01 Å². The Labute approximate surface area is 140 Å². The Morgan fingerprint density at radius 3 is 2.92 bits per heavy atom. The number of amides is 1. The minimum atomic E-state index is -0.941. The first kappa shape index (κ1) is 16.1. The molecule has 0 spiro atoms. The van der Waals surface area contributed by atoms with Crippen molar-refractivity contribution < 1.29 is 18.7 Å². The predicted molar refractivity (Wildman–Crippen MR) is 86.8 cm³/mol. The molecule has 3 aromatic rings. The van der Waals surface area contributed by atoms with Crippen LogP contribution in [0.3, 0.4) is 0 Å².